The normalized spacial score (nSPS) is 14.2. The highest BCUT2D eigenvalue weighted by Crippen LogP contribution is 2.38. The van der Waals surface area contributed by atoms with Gasteiger partial charge in [0.15, 0.2) is 0 Å². The zero-order valence-electron chi connectivity index (χ0n) is 13.6. The summed E-state index contributed by atoms with van der Waals surface area (Å²) in [6.45, 7) is 2.55. The molecule has 122 valence electrons. The van der Waals surface area contributed by atoms with E-state index in [2.05, 4.69) is 51.7 Å². The van der Waals surface area contributed by atoms with Crippen molar-refractivity contribution in [3.63, 3.8) is 0 Å². The summed E-state index contributed by atoms with van der Waals surface area (Å²) in [4.78, 5) is 14.3. The van der Waals surface area contributed by atoms with Gasteiger partial charge in [0, 0.05) is 24.7 Å². The molecule has 0 unspecified atom stereocenters. The van der Waals surface area contributed by atoms with Crippen molar-refractivity contribution in [1.82, 2.24) is 20.4 Å². The van der Waals surface area contributed by atoms with Gasteiger partial charge in [-0.3, -0.25) is 9.89 Å². The topological polar surface area (TPSA) is 61.0 Å². The molecule has 0 saturated heterocycles. The summed E-state index contributed by atoms with van der Waals surface area (Å²) in [5.74, 6) is 0.509. The Balaban J connectivity index is 1.34. The molecule has 5 heteroatoms. The van der Waals surface area contributed by atoms with Crippen LogP contribution in [0.4, 0.5) is 0 Å². The first-order valence-electron chi connectivity index (χ1n) is 8.28. The average Bonchev–Trinajstić information content (AvgIpc) is 3.29. The van der Waals surface area contributed by atoms with Crippen LogP contribution in [0.5, 0.6) is 0 Å². The number of nitrogens with one attached hydrogen (secondary N) is 2. The number of amides is 1. The fraction of sp³-hybridized carbons (Fsp3) is 0.444. The monoisotopic (exact) mass is 312 g/mol. The summed E-state index contributed by atoms with van der Waals surface area (Å²) in [6.07, 6.45) is 3.34. The molecule has 1 aliphatic carbocycles. The molecule has 0 aliphatic heterocycles. The van der Waals surface area contributed by atoms with Gasteiger partial charge in [0.2, 0.25) is 0 Å². The highest BCUT2D eigenvalue weighted by atomic mass is 16.1. The van der Waals surface area contributed by atoms with Crippen LogP contribution in [0.1, 0.15) is 46.9 Å². The van der Waals surface area contributed by atoms with E-state index in [-0.39, 0.29) is 5.91 Å². The minimum atomic E-state index is -0.0844. The average molecular weight is 312 g/mol. The maximum atomic E-state index is 12.0. The summed E-state index contributed by atoms with van der Waals surface area (Å²) in [6, 6.07) is 12.3. The van der Waals surface area contributed by atoms with Gasteiger partial charge >= 0.3 is 0 Å². The van der Waals surface area contributed by atoms with Crippen molar-refractivity contribution in [2.75, 3.05) is 20.1 Å². The van der Waals surface area contributed by atoms with Crippen LogP contribution in [-0.4, -0.2) is 41.1 Å². The number of rotatable bonds is 8. The lowest BCUT2D eigenvalue weighted by Crippen LogP contribution is -2.28. The van der Waals surface area contributed by atoms with Crippen LogP contribution in [0.25, 0.3) is 0 Å². The second-order valence-corrected chi connectivity index (χ2v) is 6.32. The van der Waals surface area contributed by atoms with E-state index in [1.807, 2.05) is 12.1 Å². The van der Waals surface area contributed by atoms with Crippen LogP contribution >= 0.6 is 0 Å². The van der Waals surface area contributed by atoms with Crippen molar-refractivity contribution in [2.24, 2.45) is 0 Å². The molecule has 2 N–H and O–H groups in total. The van der Waals surface area contributed by atoms with E-state index < -0.39 is 0 Å². The van der Waals surface area contributed by atoms with Gasteiger partial charge in [-0.1, -0.05) is 30.3 Å². The van der Waals surface area contributed by atoms with Crippen molar-refractivity contribution in [2.45, 2.75) is 31.7 Å². The molecule has 5 nitrogen and oxygen atoms in total. The van der Waals surface area contributed by atoms with Crippen molar-refractivity contribution >= 4 is 5.91 Å². The Morgan fingerprint density at radius 3 is 2.87 bits per heavy atom. The molecule has 0 radical (unpaired) electrons. The van der Waals surface area contributed by atoms with E-state index in [4.69, 9.17) is 0 Å². The highest BCUT2D eigenvalue weighted by Gasteiger charge is 2.26. The van der Waals surface area contributed by atoms with Crippen LogP contribution in [-0.2, 0) is 6.54 Å². The van der Waals surface area contributed by atoms with Crippen LogP contribution in [0.15, 0.2) is 36.4 Å². The summed E-state index contributed by atoms with van der Waals surface area (Å²) < 4.78 is 0. The number of H-pyrrole nitrogens is 1. The minimum absolute atomic E-state index is 0.0844. The van der Waals surface area contributed by atoms with Gasteiger partial charge in [-0.05, 0) is 44.5 Å². The van der Waals surface area contributed by atoms with Crippen molar-refractivity contribution < 1.29 is 4.79 Å². The number of hydrogen-bond donors (Lipinski definition) is 2. The standard InChI is InChI=1S/C18H24N4O/c1-22(13-14-6-3-2-4-7-14)11-5-10-19-18(23)17-12-16(20-21-17)15-8-9-15/h2-4,6-7,12,15H,5,8-11,13H2,1H3,(H,19,23)(H,20,21). The lowest BCUT2D eigenvalue weighted by atomic mass is 10.2. The Bertz CT molecular complexity index is 633. The molecule has 1 saturated carbocycles. The van der Waals surface area contributed by atoms with E-state index in [1.54, 1.807) is 0 Å². The quantitative estimate of drug-likeness (QED) is 0.736. The fourth-order valence-electron chi connectivity index (χ4n) is 2.67. The maximum Gasteiger partial charge on any atom is 0.271 e. The molecule has 23 heavy (non-hydrogen) atoms. The van der Waals surface area contributed by atoms with Crippen LogP contribution < -0.4 is 5.32 Å². The third-order valence-electron chi connectivity index (χ3n) is 4.14. The van der Waals surface area contributed by atoms with Crippen molar-refractivity contribution in [3.8, 4) is 0 Å². The van der Waals surface area contributed by atoms with E-state index in [0.717, 1.165) is 25.2 Å². The number of benzene rings is 1. The number of nitrogens with zero attached hydrogens (tertiary/aromatic N) is 2. The Morgan fingerprint density at radius 2 is 2.13 bits per heavy atom. The van der Waals surface area contributed by atoms with Crippen LogP contribution in [0.3, 0.4) is 0 Å². The van der Waals surface area contributed by atoms with Gasteiger partial charge in [0.05, 0.1) is 0 Å². The first-order chi connectivity index (χ1) is 11.2. The molecule has 1 heterocycles. The zero-order valence-corrected chi connectivity index (χ0v) is 13.6. The molecule has 3 rings (SSSR count). The van der Waals surface area contributed by atoms with E-state index in [9.17, 15) is 4.79 Å². The largest absolute Gasteiger partial charge is 0.351 e. The molecule has 1 aromatic carbocycles. The smallest absolute Gasteiger partial charge is 0.271 e. The number of aromatic amines is 1. The van der Waals surface area contributed by atoms with Gasteiger partial charge in [-0.15, -0.1) is 0 Å². The third kappa shape index (κ3) is 4.66. The Labute approximate surface area is 137 Å². The third-order valence-corrected chi connectivity index (χ3v) is 4.14. The second kappa shape index (κ2) is 7.42. The van der Waals surface area contributed by atoms with Gasteiger partial charge < -0.3 is 10.2 Å². The molecule has 1 fully saturated rings. The number of carbonyl (C=O) groups excluding carboxylic acids is 1. The lowest BCUT2D eigenvalue weighted by molar-refractivity contribution is 0.0947. The Hall–Kier alpha value is -2.14. The molecule has 1 amide bonds. The highest BCUT2D eigenvalue weighted by molar-refractivity contribution is 5.92. The van der Waals surface area contributed by atoms with Gasteiger partial charge in [0.1, 0.15) is 5.69 Å². The predicted octanol–water partition coefficient (Wildman–Crippen LogP) is 2.54. The maximum absolute atomic E-state index is 12.0. The van der Waals surface area contributed by atoms with Crippen molar-refractivity contribution in [1.29, 1.82) is 0 Å². The van der Waals surface area contributed by atoms with Gasteiger partial charge in [0.25, 0.3) is 5.91 Å². The Morgan fingerprint density at radius 1 is 1.35 bits per heavy atom. The Kier molecular flexibility index (Phi) is 5.08. The molecular weight excluding hydrogens is 288 g/mol. The van der Waals surface area contributed by atoms with E-state index >= 15 is 0 Å². The van der Waals surface area contributed by atoms with Crippen molar-refractivity contribution in [3.05, 3.63) is 53.3 Å². The summed E-state index contributed by atoms with van der Waals surface area (Å²) in [5, 5.41) is 10.0. The second-order valence-electron chi connectivity index (χ2n) is 6.32. The number of aromatic nitrogens is 2. The first kappa shape index (κ1) is 15.7. The first-order valence-corrected chi connectivity index (χ1v) is 8.28. The molecule has 2 aromatic rings. The molecular formula is C18H24N4O. The molecule has 0 bridgehead atoms. The molecule has 1 aliphatic rings. The molecule has 0 spiro atoms. The van der Waals surface area contributed by atoms with Gasteiger partial charge in [-0.2, -0.15) is 5.10 Å². The van der Waals surface area contributed by atoms with E-state index in [0.29, 0.717) is 18.2 Å². The van der Waals surface area contributed by atoms with Crippen LogP contribution in [0, 0.1) is 0 Å². The number of hydrogen-bond acceptors (Lipinski definition) is 3. The number of carbonyl (C=O) groups is 1. The lowest BCUT2D eigenvalue weighted by Gasteiger charge is -2.16. The van der Waals surface area contributed by atoms with Gasteiger partial charge in [-0.25, -0.2) is 0 Å². The SMILES string of the molecule is CN(CCCNC(=O)c1cc(C2CC2)[nH]n1)Cc1ccccc1. The summed E-state index contributed by atoms with van der Waals surface area (Å²) in [7, 11) is 2.10. The fourth-order valence-corrected chi connectivity index (χ4v) is 2.67. The van der Waals surface area contributed by atoms with Crippen LogP contribution in [0.2, 0.25) is 0 Å². The zero-order chi connectivity index (χ0) is 16.1. The molecule has 1 aromatic heterocycles. The molecule has 0 atom stereocenters. The predicted molar refractivity (Wildman–Crippen MR) is 90.3 cm³/mol. The summed E-state index contributed by atoms with van der Waals surface area (Å²) >= 11 is 0. The van der Waals surface area contributed by atoms with E-state index in [1.165, 1.54) is 18.4 Å². The summed E-state index contributed by atoms with van der Waals surface area (Å²) in [5.41, 5.74) is 2.91. The minimum Gasteiger partial charge on any atom is -0.351 e.